The predicted octanol–water partition coefficient (Wildman–Crippen LogP) is 4.77. The molecule has 1 fully saturated rings. The summed E-state index contributed by atoms with van der Waals surface area (Å²) in [5.41, 5.74) is 0. The van der Waals surface area contributed by atoms with Crippen molar-refractivity contribution in [3.05, 3.63) is 29.3 Å². The van der Waals surface area contributed by atoms with Crippen LogP contribution in [0.3, 0.4) is 0 Å². The summed E-state index contributed by atoms with van der Waals surface area (Å²) in [4.78, 5) is 0. The SMILES string of the molecule is CCNC(COc1cccc(Cl)c1)C1CC(C)CC(C)C1. The molecule has 118 valence electrons. The lowest BCUT2D eigenvalue weighted by molar-refractivity contribution is 0.139. The summed E-state index contributed by atoms with van der Waals surface area (Å²) in [6.07, 6.45) is 3.98. The third-order valence-electron chi connectivity index (χ3n) is 4.48. The molecule has 21 heavy (non-hydrogen) atoms. The first-order valence-electron chi connectivity index (χ1n) is 8.20. The molecule has 3 heteroatoms. The summed E-state index contributed by atoms with van der Waals surface area (Å²) in [6, 6.07) is 8.10. The van der Waals surface area contributed by atoms with Gasteiger partial charge in [-0.1, -0.05) is 38.4 Å². The van der Waals surface area contributed by atoms with Crippen molar-refractivity contribution in [1.29, 1.82) is 0 Å². The minimum atomic E-state index is 0.430. The van der Waals surface area contributed by atoms with E-state index in [1.807, 2.05) is 24.3 Å². The van der Waals surface area contributed by atoms with Crippen LogP contribution in [0.2, 0.25) is 5.02 Å². The Labute approximate surface area is 134 Å². The second kappa shape index (κ2) is 8.05. The van der Waals surface area contributed by atoms with Crippen LogP contribution in [0.25, 0.3) is 0 Å². The maximum atomic E-state index is 6.01. The van der Waals surface area contributed by atoms with Crippen LogP contribution in [-0.2, 0) is 0 Å². The molecule has 0 amide bonds. The average Bonchev–Trinajstić information content (AvgIpc) is 2.42. The lowest BCUT2D eigenvalue weighted by Crippen LogP contribution is -2.43. The summed E-state index contributed by atoms with van der Waals surface area (Å²) in [7, 11) is 0. The van der Waals surface area contributed by atoms with Crippen LogP contribution >= 0.6 is 11.6 Å². The molecule has 1 aliphatic rings. The van der Waals surface area contributed by atoms with Crippen molar-refractivity contribution >= 4 is 11.6 Å². The zero-order valence-corrected chi connectivity index (χ0v) is 14.2. The fourth-order valence-corrected chi connectivity index (χ4v) is 3.88. The van der Waals surface area contributed by atoms with Gasteiger partial charge in [0, 0.05) is 11.1 Å². The molecule has 0 heterocycles. The molecule has 0 aliphatic heterocycles. The van der Waals surface area contributed by atoms with Gasteiger partial charge in [-0.15, -0.1) is 0 Å². The summed E-state index contributed by atoms with van der Waals surface area (Å²) in [5, 5.41) is 4.35. The molecule has 0 saturated heterocycles. The molecular weight excluding hydrogens is 282 g/mol. The zero-order valence-electron chi connectivity index (χ0n) is 13.4. The zero-order chi connectivity index (χ0) is 15.2. The quantitative estimate of drug-likeness (QED) is 0.817. The lowest BCUT2D eigenvalue weighted by Gasteiger charge is -2.36. The van der Waals surface area contributed by atoms with E-state index in [9.17, 15) is 0 Å². The number of likely N-dealkylation sites (N-methyl/N-ethyl adjacent to an activating group) is 1. The Kier molecular flexibility index (Phi) is 6.38. The lowest BCUT2D eigenvalue weighted by atomic mass is 9.74. The van der Waals surface area contributed by atoms with Crippen LogP contribution in [0.15, 0.2) is 24.3 Å². The van der Waals surface area contributed by atoms with Crippen LogP contribution in [0, 0.1) is 17.8 Å². The average molecular weight is 310 g/mol. The van der Waals surface area contributed by atoms with E-state index in [2.05, 4.69) is 26.1 Å². The van der Waals surface area contributed by atoms with Crippen molar-refractivity contribution in [3.8, 4) is 5.75 Å². The minimum Gasteiger partial charge on any atom is -0.492 e. The Hall–Kier alpha value is -0.730. The normalized spacial score (nSPS) is 27.3. The Morgan fingerprint density at radius 1 is 1.24 bits per heavy atom. The summed E-state index contributed by atoms with van der Waals surface area (Å²) in [5.74, 6) is 3.22. The molecule has 0 bridgehead atoms. The molecule has 1 N–H and O–H groups in total. The number of ether oxygens (including phenoxy) is 1. The van der Waals surface area contributed by atoms with E-state index in [4.69, 9.17) is 16.3 Å². The highest BCUT2D eigenvalue weighted by Crippen LogP contribution is 2.35. The van der Waals surface area contributed by atoms with Gasteiger partial charge in [-0.05, 0) is 61.8 Å². The van der Waals surface area contributed by atoms with Crippen LogP contribution in [-0.4, -0.2) is 19.2 Å². The van der Waals surface area contributed by atoms with Crippen molar-refractivity contribution in [2.45, 2.75) is 46.1 Å². The molecule has 2 rings (SSSR count). The van der Waals surface area contributed by atoms with Crippen molar-refractivity contribution in [1.82, 2.24) is 5.32 Å². The molecule has 0 spiro atoms. The van der Waals surface area contributed by atoms with Gasteiger partial charge in [-0.2, -0.15) is 0 Å². The first-order valence-corrected chi connectivity index (χ1v) is 8.58. The van der Waals surface area contributed by atoms with E-state index >= 15 is 0 Å². The maximum Gasteiger partial charge on any atom is 0.120 e. The molecule has 1 aliphatic carbocycles. The second-order valence-corrected chi connectivity index (χ2v) is 7.05. The van der Waals surface area contributed by atoms with Crippen molar-refractivity contribution in [2.75, 3.05) is 13.2 Å². The third kappa shape index (κ3) is 5.19. The van der Waals surface area contributed by atoms with Crippen molar-refractivity contribution < 1.29 is 4.74 Å². The molecule has 1 aromatic carbocycles. The van der Waals surface area contributed by atoms with Crippen molar-refractivity contribution in [2.24, 2.45) is 17.8 Å². The number of rotatable bonds is 6. The van der Waals surface area contributed by atoms with Crippen LogP contribution in [0.5, 0.6) is 5.75 Å². The molecule has 3 atom stereocenters. The van der Waals surface area contributed by atoms with Gasteiger partial charge in [0.15, 0.2) is 0 Å². The van der Waals surface area contributed by atoms with Gasteiger partial charge in [0.1, 0.15) is 12.4 Å². The number of benzene rings is 1. The van der Waals surface area contributed by atoms with Gasteiger partial charge in [-0.3, -0.25) is 0 Å². The minimum absolute atomic E-state index is 0.430. The largest absolute Gasteiger partial charge is 0.492 e. The fraction of sp³-hybridized carbons (Fsp3) is 0.667. The standard InChI is InChI=1S/C18H28ClNO/c1-4-20-18(15-9-13(2)8-14(3)10-15)12-21-17-7-5-6-16(19)11-17/h5-7,11,13-15,18,20H,4,8-10,12H2,1-3H3. The fourth-order valence-electron chi connectivity index (χ4n) is 3.70. The van der Waals surface area contributed by atoms with Gasteiger partial charge >= 0.3 is 0 Å². The van der Waals surface area contributed by atoms with Gasteiger partial charge in [0.2, 0.25) is 0 Å². The molecule has 1 aromatic rings. The van der Waals surface area contributed by atoms with Gasteiger partial charge in [-0.25, -0.2) is 0 Å². The van der Waals surface area contributed by atoms with E-state index in [1.54, 1.807) is 0 Å². The van der Waals surface area contributed by atoms with Crippen LogP contribution < -0.4 is 10.1 Å². The molecule has 1 saturated carbocycles. The van der Waals surface area contributed by atoms with E-state index in [0.29, 0.717) is 12.0 Å². The highest BCUT2D eigenvalue weighted by molar-refractivity contribution is 6.30. The summed E-state index contributed by atoms with van der Waals surface area (Å²) < 4.78 is 5.98. The van der Waals surface area contributed by atoms with Crippen LogP contribution in [0.4, 0.5) is 0 Å². The Balaban J connectivity index is 1.95. The Morgan fingerprint density at radius 3 is 2.57 bits per heavy atom. The smallest absolute Gasteiger partial charge is 0.120 e. The number of hydrogen-bond acceptors (Lipinski definition) is 2. The highest BCUT2D eigenvalue weighted by atomic mass is 35.5. The predicted molar refractivity (Wildman–Crippen MR) is 90.1 cm³/mol. The Bertz CT molecular complexity index is 427. The topological polar surface area (TPSA) is 21.3 Å². The number of nitrogens with one attached hydrogen (secondary N) is 1. The van der Waals surface area contributed by atoms with Gasteiger partial charge in [0.05, 0.1) is 0 Å². The number of halogens is 1. The maximum absolute atomic E-state index is 6.01. The third-order valence-corrected chi connectivity index (χ3v) is 4.71. The highest BCUT2D eigenvalue weighted by Gasteiger charge is 2.30. The molecule has 0 radical (unpaired) electrons. The van der Waals surface area contributed by atoms with E-state index < -0.39 is 0 Å². The second-order valence-electron chi connectivity index (χ2n) is 6.61. The number of hydrogen-bond donors (Lipinski definition) is 1. The Morgan fingerprint density at radius 2 is 1.95 bits per heavy atom. The molecule has 3 unspecified atom stereocenters. The van der Waals surface area contributed by atoms with E-state index in [-0.39, 0.29) is 0 Å². The first kappa shape index (κ1) is 16.6. The molecule has 2 nitrogen and oxygen atoms in total. The van der Waals surface area contributed by atoms with E-state index in [0.717, 1.165) is 35.8 Å². The molecular formula is C18H28ClNO. The van der Waals surface area contributed by atoms with Crippen molar-refractivity contribution in [3.63, 3.8) is 0 Å². The summed E-state index contributed by atoms with van der Waals surface area (Å²) >= 11 is 6.01. The first-order chi connectivity index (χ1) is 10.1. The van der Waals surface area contributed by atoms with Gasteiger partial charge < -0.3 is 10.1 Å². The summed E-state index contributed by atoms with van der Waals surface area (Å²) in [6.45, 7) is 8.64. The van der Waals surface area contributed by atoms with Gasteiger partial charge in [0.25, 0.3) is 0 Å². The van der Waals surface area contributed by atoms with E-state index in [1.165, 1.54) is 19.3 Å². The monoisotopic (exact) mass is 309 g/mol. The molecule has 0 aromatic heterocycles. The van der Waals surface area contributed by atoms with Crippen LogP contribution in [0.1, 0.15) is 40.0 Å².